The maximum Gasteiger partial charge on any atom is 0.229 e. The molecule has 0 saturated carbocycles. The van der Waals surface area contributed by atoms with Crippen LogP contribution in [0.4, 0.5) is 75.5 Å². The van der Waals surface area contributed by atoms with Crippen LogP contribution in [-0.2, 0) is 19.5 Å². The van der Waals surface area contributed by atoms with E-state index >= 15 is 0 Å². The summed E-state index contributed by atoms with van der Waals surface area (Å²) in [5.74, 6) is 6.23. The van der Waals surface area contributed by atoms with E-state index in [2.05, 4.69) is 180 Å². The lowest BCUT2D eigenvalue weighted by Gasteiger charge is -2.11. The second-order valence-electron chi connectivity index (χ2n) is 26.8. The van der Waals surface area contributed by atoms with Crippen LogP contribution < -0.4 is 47.3 Å². The van der Waals surface area contributed by atoms with Gasteiger partial charge in [-0.2, -0.15) is 40.3 Å². The number of rotatable bonds is 22. The van der Waals surface area contributed by atoms with Gasteiger partial charge in [-0.3, -0.25) is 25.4 Å². The molecule has 0 bridgehead atoms. The van der Waals surface area contributed by atoms with E-state index in [1.807, 2.05) is 167 Å². The number of benzene rings is 8. The summed E-state index contributed by atoms with van der Waals surface area (Å²) in [6, 6.07) is 68.4. The first-order valence-corrected chi connectivity index (χ1v) is 41.3. The number of aromatic amines is 4. The number of thiophene rings is 4. The first-order chi connectivity index (χ1) is 58.1. The third-order valence-corrected chi connectivity index (χ3v) is 22.7. The normalized spacial score (nSPS) is 11.1. The number of nitrogens with zero attached hydrogens (tertiary/aromatic N) is 13. The van der Waals surface area contributed by atoms with Gasteiger partial charge in [-0.05, 0) is 201 Å². The van der Waals surface area contributed by atoms with Crippen molar-refractivity contribution in [2.75, 3.05) is 56.2 Å². The van der Waals surface area contributed by atoms with Crippen LogP contribution in [0.1, 0.15) is 16.7 Å². The lowest BCUT2D eigenvalue weighted by atomic mass is 10.0. The summed E-state index contributed by atoms with van der Waals surface area (Å²) in [5, 5.41) is 68.6. The van der Waals surface area contributed by atoms with Gasteiger partial charge in [0.1, 0.15) is 5.75 Å². The number of anilines is 13. The van der Waals surface area contributed by atoms with Crippen LogP contribution >= 0.6 is 68.5 Å². The number of halogens is 2. The van der Waals surface area contributed by atoms with E-state index in [4.69, 9.17) is 42.9 Å². The van der Waals surface area contributed by atoms with Crippen molar-refractivity contribution in [3.63, 3.8) is 0 Å². The molecule has 0 atom stereocenters. The molecule has 13 heterocycles. The Hall–Kier alpha value is -14.3. The number of hydrogen-bond donors (Lipinski definition) is 12. The molecule has 21 aromatic rings. The van der Waals surface area contributed by atoms with E-state index in [0.29, 0.717) is 46.9 Å². The molecule has 118 heavy (non-hydrogen) atoms. The highest BCUT2D eigenvalue weighted by Crippen LogP contribution is 2.37. The van der Waals surface area contributed by atoms with Crippen molar-refractivity contribution in [2.45, 2.75) is 19.5 Å². The summed E-state index contributed by atoms with van der Waals surface area (Å²) in [4.78, 5) is 41.4. The summed E-state index contributed by atoms with van der Waals surface area (Å²) < 4.78 is 9.36. The summed E-state index contributed by atoms with van der Waals surface area (Å²) in [7, 11) is 1.68. The second kappa shape index (κ2) is 34.8. The topological polar surface area (TPSA) is 336 Å². The van der Waals surface area contributed by atoms with Crippen LogP contribution in [0, 0.1) is 0 Å². The SMILES string of the molecule is COc1cccc(CCNc2nc(Nc3ccc4[nH]ncc4c3)c3sccc3n2)c1.Clc1cc(Cl)cc(CNc2nc(Nc3ccc4[nH]ncc4c3)c3sccc3n2)c1.c1cc(Nc2nc(Nc3ccc4[nH]ncc4c3)c3sccc3n2)ccn1.c1ccc(-c2cccc(CNc3nc(Nc4ccc5[nH]ncc5c4)c4sccc4n3)c2)cc1. The van der Waals surface area contributed by atoms with Crippen LogP contribution in [0.25, 0.3) is 95.6 Å². The van der Waals surface area contributed by atoms with Crippen molar-refractivity contribution < 1.29 is 4.74 Å². The van der Waals surface area contributed by atoms with Gasteiger partial charge in [0.15, 0.2) is 23.3 Å². The quantitative estimate of drug-likeness (QED) is 0.0300. The molecule has 0 amide bonds. The van der Waals surface area contributed by atoms with Crippen molar-refractivity contribution in [3.8, 4) is 16.9 Å². The minimum Gasteiger partial charge on any atom is -0.497 e. The minimum absolute atomic E-state index is 0.510. The Balaban J connectivity index is 0.000000109. The molecule has 0 aliphatic heterocycles. The number of fused-ring (bicyclic) bond motifs is 8. The standard InChI is InChI=1S/C26H20N6S.C22H20N6OS.C20H14Cl2N6S.C18H13N7S/c1-2-6-18(7-3-1)19-8-4-5-17(13-19)15-27-26-30-23-11-12-33-24(23)25(31-26)29-21-9-10-22-20(14-21)16-28-32-22;1-29-17-4-2-3-14(11-17)7-9-23-22-26-19-8-10-30-20(19)21(27-22)25-16-5-6-18-15(12-16)13-24-28-18;21-13-5-11(6-14(22)8-13)9-23-20-26-17-3-4-29-18(17)19(27-20)25-15-1-2-16-12(7-15)10-24-28-16;1-2-14-11(10-20-25-14)9-13(1)21-17-16-15(5-8-26-16)23-18(24-17)22-12-3-6-19-7-4-12/h1-14,16H,15H2,(H,28,32)(H2,27,29,30,31);2-6,8,10-13H,7,9H2,1H3,(H,24,28)(H2,23,25,26,27);1-8,10H,9H2,(H,24,28)(H2,23,25,26,27);1-10H,(H,20,25)(H2,19,21,22,23,24). The van der Waals surface area contributed by atoms with Crippen molar-refractivity contribution in [1.82, 2.24) is 85.6 Å². The molecule has 32 heteroatoms. The number of H-pyrrole nitrogens is 4. The Morgan fingerprint density at radius 2 is 0.746 bits per heavy atom. The van der Waals surface area contributed by atoms with Crippen LogP contribution in [0.15, 0.2) is 265 Å². The summed E-state index contributed by atoms with van der Waals surface area (Å²) >= 11 is 18.6. The van der Waals surface area contributed by atoms with Crippen LogP contribution in [0.2, 0.25) is 10.0 Å². The average Bonchev–Trinajstić information content (AvgIpc) is 1.61. The molecule has 0 aliphatic rings. The second-order valence-corrected chi connectivity index (χ2v) is 31.3. The molecule has 12 N–H and O–H groups in total. The predicted molar refractivity (Wildman–Crippen MR) is 483 cm³/mol. The Kier molecular flexibility index (Phi) is 22.2. The molecule has 0 saturated heterocycles. The molecule has 8 aromatic carbocycles. The van der Waals surface area contributed by atoms with Gasteiger partial charge in [-0.1, -0.05) is 83.9 Å². The van der Waals surface area contributed by atoms with Crippen LogP contribution in [-0.4, -0.2) is 99.3 Å². The number of ether oxygens (including phenoxy) is 1. The minimum atomic E-state index is 0.510. The van der Waals surface area contributed by atoms with E-state index in [1.165, 1.54) is 22.3 Å². The maximum atomic E-state index is 6.09. The van der Waals surface area contributed by atoms with Crippen molar-refractivity contribution in [2.24, 2.45) is 0 Å². The van der Waals surface area contributed by atoms with Gasteiger partial charge in [-0.25, -0.2) is 19.9 Å². The van der Waals surface area contributed by atoms with E-state index in [-0.39, 0.29) is 0 Å². The molecule has 0 fully saturated rings. The predicted octanol–water partition coefficient (Wildman–Crippen LogP) is 22.2. The molecular formula is C86H67Cl2N25OS4. The van der Waals surface area contributed by atoms with Gasteiger partial charge in [0.25, 0.3) is 0 Å². The largest absolute Gasteiger partial charge is 0.497 e. The molecule has 13 aromatic heterocycles. The van der Waals surface area contributed by atoms with Crippen LogP contribution in [0.5, 0.6) is 5.75 Å². The number of nitrogens with one attached hydrogen (secondary N) is 12. The molecule has 0 radical (unpaired) electrons. The first kappa shape index (κ1) is 75.1. The number of pyridine rings is 1. The van der Waals surface area contributed by atoms with E-state index in [1.54, 1.807) is 83.3 Å². The van der Waals surface area contributed by atoms with Gasteiger partial charge in [0.05, 0.1) is 94.8 Å². The number of methoxy groups -OCH3 is 1. The van der Waals surface area contributed by atoms with Gasteiger partial charge in [0, 0.05) is 92.1 Å². The zero-order valence-corrected chi connectivity index (χ0v) is 67.1. The third-order valence-electron chi connectivity index (χ3n) is 18.7. The van der Waals surface area contributed by atoms with Crippen molar-refractivity contribution in [1.29, 1.82) is 0 Å². The van der Waals surface area contributed by atoms with E-state index < -0.39 is 0 Å². The van der Waals surface area contributed by atoms with E-state index in [0.717, 1.165) is 160 Å². The third kappa shape index (κ3) is 18.0. The van der Waals surface area contributed by atoms with Crippen LogP contribution in [0.3, 0.4) is 0 Å². The Labute approximate surface area is 698 Å². The lowest BCUT2D eigenvalue weighted by molar-refractivity contribution is 0.414. The van der Waals surface area contributed by atoms with E-state index in [9.17, 15) is 0 Å². The molecule has 0 spiro atoms. The molecule has 26 nitrogen and oxygen atoms in total. The highest BCUT2D eigenvalue weighted by atomic mass is 35.5. The Morgan fingerprint density at radius 1 is 0.339 bits per heavy atom. The molecule has 580 valence electrons. The lowest BCUT2D eigenvalue weighted by Crippen LogP contribution is -2.09. The Bertz CT molecular complexity index is 7050. The summed E-state index contributed by atoms with van der Waals surface area (Å²) in [6.45, 7) is 1.87. The molecule has 21 rings (SSSR count). The number of hydrogen-bond acceptors (Lipinski definition) is 26. The van der Waals surface area contributed by atoms with Crippen molar-refractivity contribution in [3.05, 3.63) is 292 Å². The number of aromatic nitrogens is 17. The molecular weight excluding hydrogens is 1600 g/mol. The fourth-order valence-electron chi connectivity index (χ4n) is 13.0. The van der Waals surface area contributed by atoms with Gasteiger partial charge < -0.3 is 47.3 Å². The smallest absolute Gasteiger partial charge is 0.229 e. The zero-order valence-electron chi connectivity index (χ0n) is 62.3. The monoisotopic (exact) mass is 1660 g/mol. The van der Waals surface area contributed by atoms with Gasteiger partial charge >= 0.3 is 0 Å². The first-order valence-electron chi connectivity index (χ1n) is 37.0. The molecule has 0 aliphatic carbocycles. The van der Waals surface area contributed by atoms with Gasteiger partial charge in [-0.15, -0.1) is 45.3 Å². The molecule has 0 unspecified atom stereocenters. The fourth-order valence-corrected chi connectivity index (χ4v) is 16.7. The Morgan fingerprint density at radius 3 is 1.20 bits per heavy atom. The highest BCUT2D eigenvalue weighted by molar-refractivity contribution is 7.18. The fraction of sp³-hybridized carbons (Fsp3) is 0.0581. The van der Waals surface area contributed by atoms with Gasteiger partial charge in [0.2, 0.25) is 23.8 Å². The van der Waals surface area contributed by atoms with Crippen molar-refractivity contribution >= 4 is 229 Å². The highest BCUT2D eigenvalue weighted by Gasteiger charge is 2.17. The average molecular weight is 1670 g/mol. The zero-order chi connectivity index (χ0) is 79.5. The maximum absolute atomic E-state index is 6.09. The summed E-state index contributed by atoms with van der Waals surface area (Å²) in [6.07, 6.45) is 11.5. The summed E-state index contributed by atoms with van der Waals surface area (Å²) in [5.41, 5.74) is 18.0.